The molecule has 0 bridgehead atoms. The molecule has 5 heteroatoms. The molecular weight excluding hydrogens is 295 g/mol. The maximum absolute atomic E-state index is 12.3. The van der Waals surface area contributed by atoms with Crippen molar-refractivity contribution in [3.05, 3.63) is 27.7 Å². The van der Waals surface area contributed by atoms with Crippen molar-refractivity contribution >= 4 is 34.8 Å². The van der Waals surface area contributed by atoms with Gasteiger partial charge in [-0.1, -0.05) is 50.0 Å². The van der Waals surface area contributed by atoms with Gasteiger partial charge in [0.1, 0.15) is 0 Å². The highest BCUT2D eigenvalue weighted by atomic mass is 35.5. The second-order valence-corrected chi connectivity index (χ2v) is 7.03. The number of carbonyl (C=O) groups is 1. The molecule has 1 aromatic rings. The van der Waals surface area contributed by atoms with Gasteiger partial charge in [0.15, 0.2) is 0 Å². The highest BCUT2D eigenvalue weighted by Crippen LogP contribution is 2.34. The van der Waals surface area contributed by atoms with Gasteiger partial charge >= 0.3 is 0 Å². The number of hydrogen-bond donors (Lipinski definition) is 2. The average Bonchev–Trinajstić information content (AvgIpc) is 2.35. The lowest BCUT2D eigenvalue weighted by Gasteiger charge is -2.24. The van der Waals surface area contributed by atoms with Crippen LogP contribution in [-0.4, -0.2) is 12.5 Å². The van der Waals surface area contributed by atoms with E-state index in [4.69, 9.17) is 28.9 Å². The largest absolute Gasteiger partial charge is 0.330 e. The van der Waals surface area contributed by atoms with E-state index in [2.05, 4.69) is 26.1 Å². The first-order valence-corrected chi connectivity index (χ1v) is 7.37. The Hall–Kier alpha value is -0.770. The van der Waals surface area contributed by atoms with Crippen molar-refractivity contribution in [3.8, 4) is 0 Å². The number of nitrogens with one attached hydrogen (secondary N) is 1. The van der Waals surface area contributed by atoms with Crippen molar-refractivity contribution < 1.29 is 4.79 Å². The van der Waals surface area contributed by atoms with Gasteiger partial charge in [-0.15, -0.1) is 0 Å². The summed E-state index contributed by atoms with van der Waals surface area (Å²) in [5.74, 6) is -0.403. The lowest BCUT2D eigenvalue weighted by molar-refractivity contribution is -0.120. The van der Waals surface area contributed by atoms with E-state index in [1.807, 2.05) is 13.0 Å². The molecule has 0 aromatic heterocycles. The molecule has 0 aliphatic carbocycles. The van der Waals surface area contributed by atoms with Crippen molar-refractivity contribution in [1.29, 1.82) is 0 Å². The van der Waals surface area contributed by atoms with Crippen LogP contribution >= 0.6 is 23.2 Å². The minimum absolute atomic E-state index is 0.0293. The second-order valence-electron chi connectivity index (χ2n) is 6.24. The normalized spacial score (nSPS) is 13.2. The van der Waals surface area contributed by atoms with Crippen molar-refractivity contribution in [1.82, 2.24) is 0 Å². The average molecular weight is 317 g/mol. The third kappa shape index (κ3) is 4.65. The lowest BCUT2D eigenvalue weighted by atomic mass is 9.84. The van der Waals surface area contributed by atoms with Crippen molar-refractivity contribution in [2.75, 3.05) is 11.9 Å². The Morgan fingerprint density at radius 1 is 1.35 bits per heavy atom. The van der Waals surface area contributed by atoms with Crippen LogP contribution in [0.15, 0.2) is 12.1 Å². The van der Waals surface area contributed by atoms with E-state index in [0.29, 0.717) is 28.7 Å². The van der Waals surface area contributed by atoms with E-state index in [-0.39, 0.29) is 17.2 Å². The molecule has 20 heavy (non-hydrogen) atoms. The third-order valence-electron chi connectivity index (χ3n) is 3.05. The summed E-state index contributed by atoms with van der Waals surface area (Å²) < 4.78 is 0. The van der Waals surface area contributed by atoms with Crippen LogP contribution in [0.1, 0.15) is 32.8 Å². The first-order valence-electron chi connectivity index (χ1n) is 6.61. The van der Waals surface area contributed by atoms with Crippen molar-refractivity contribution in [3.63, 3.8) is 0 Å². The summed E-state index contributed by atoms with van der Waals surface area (Å²) >= 11 is 12.3. The maximum Gasteiger partial charge on any atom is 0.228 e. The summed E-state index contributed by atoms with van der Waals surface area (Å²) in [6, 6.07) is 3.54. The summed E-state index contributed by atoms with van der Waals surface area (Å²) in [6.07, 6.45) is 0.705. The van der Waals surface area contributed by atoms with Gasteiger partial charge in [0.2, 0.25) is 5.91 Å². The molecule has 0 saturated heterocycles. The summed E-state index contributed by atoms with van der Waals surface area (Å²) in [5.41, 5.74) is 7.07. The minimum atomic E-state index is -0.261. The number of carbonyl (C=O) groups excluding carboxylic acids is 1. The van der Waals surface area contributed by atoms with Gasteiger partial charge in [-0.25, -0.2) is 0 Å². The number of rotatable bonds is 4. The SMILES string of the molecule is Cc1ccc(Cl)c(NC(=O)C(CN)CC(C)(C)C)c1Cl. The number of nitrogens with two attached hydrogens (primary N) is 1. The Morgan fingerprint density at radius 3 is 2.45 bits per heavy atom. The molecule has 1 unspecified atom stereocenters. The predicted molar refractivity (Wildman–Crippen MR) is 86.4 cm³/mol. The molecule has 0 spiro atoms. The first kappa shape index (κ1) is 17.3. The summed E-state index contributed by atoms with van der Waals surface area (Å²) in [5, 5.41) is 3.71. The molecule has 0 aliphatic heterocycles. The fraction of sp³-hybridized carbons (Fsp3) is 0.533. The summed E-state index contributed by atoms with van der Waals surface area (Å²) in [6.45, 7) is 8.40. The number of benzene rings is 1. The Morgan fingerprint density at radius 2 is 1.95 bits per heavy atom. The monoisotopic (exact) mass is 316 g/mol. The van der Waals surface area contributed by atoms with Gasteiger partial charge in [0.25, 0.3) is 0 Å². The van der Waals surface area contributed by atoms with Crippen LogP contribution in [0.5, 0.6) is 0 Å². The molecule has 0 radical (unpaired) electrons. The smallest absolute Gasteiger partial charge is 0.228 e. The van der Waals surface area contributed by atoms with Crippen LogP contribution in [-0.2, 0) is 4.79 Å². The molecule has 0 fully saturated rings. The van der Waals surface area contributed by atoms with Crippen LogP contribution in [0.25, 0.3) is 0 Å². The number of amides is 1. The first-order chi connectivity index (χ1) is 9.15. The zero-order valence-corrected chi connectivity index (χ0v) is 13.9. The fourth-order valence-electron chi connectivity index (χ4n) is 2.02. The Balaban J connectivity index is 2.92. The van der Waals surface area contributed by atoms with Crippen LogP contribution in [0.2, 0.25) is 10.0 Å². The molecule has 1 amide bonds. The molecule has 3 nitrogen and oxygen atoms in total. The van der Waals surface area contributed by atoms with Crippen LogP contribution < -0.4 is 11.1 Å². The third-order valence-corrected chi connectivity index (χ3v) is 3.85. The topological polar surface area (TPSA) is 55.1 Å². The molecule has 0 heterocycles. The fourth-order valence-corrected chi connectivity index (χ4v) is 2.48. The van der Waals surface area contributed by atoms with Gasteiger partial charge in [-0.2, -0.15) is 0 Å². The van der Waals surface area contributed by atoms with Crippen LogP contribution in [0.4, 0.5) is 5.69 Å². The van der Waals surface area contributed by atoms with Gasteiger partial charge in [0, 0.05) is 6.54 Å². The number of aryl methyl sites for hydroxylation is 1. The second kappa shape index (κ2) is 6.79. The molecular formula is C15H22Cl2N2O. The highest BCUT2D eigenvalue weighted by molar-refractivity contribution is 6.40. The van der Waals surface area contributed by atoms with E-state index in [1.54, 1.807) is 6.07 Å². The molecule has 0 saturated carbocycles. The molecule has 0 aliphatic rings. The van der Waals surface area contributed by atoms with E-state index < -0.39 is 0 Å². The van der Waals surface area contributed by atoms with E-state index in [0.717, 1.165) is 5.56 Å². The Labute approximate surface area is 130 Å². The molecule has 1 rings (SSSR count). The van der Waals surface area contributed by atoms with Gasteiger partial charge in [-0.05, 0) is 30.4 Å². The molecule has 1 atom stereocenters. The summed E-state index contributed by atoms with van der Waals surface area (Å²) in [4.78, 5) is 12.3. The van der Waals surface area contributed by atoms with E-state index in [1.165, 1.54) is 0 Å². The minimum Gasteiger partial charge on any atom is -0.330 e. The van der Waals surface area contributed by atoms with E-state index in [9.17, 15) is 4.79 Å². The highest BCUT2D eigenvalue weighted by Gasteiger charge is 2.25. The zero-order valence-electron chi connectivity index (χ0n) is 12.4. The molecule has 112 valence electrons. The van der Waals surface area contributed by atoms with E-state index >= 15 is 0 Å². The Bertz CT molecular complexity index is 495. The number of hydrogen-bond acceptors (Lipinski definition) is 2. The standard InChI is InChI=1S/C15H22Cl2N2O/c1-9-5-6-11(16)13(12(9)17)19-14(20)10(8-18)7-15(2,3)4/h5-6,10H,7-8,18H2,1-4H3,(H,19,20). The van der Waals surface area contributed by atoms with Crippen molar-refractivity contribution in [2.24, 2.45) is 17.1 Å². The lowest BCUT2D eigenvalue weighted by Crippen LogP contribution is -2.32. The van der Waals surface area contributed by atoms with Gasteiger partial charge in [-0.3, -0.25) is 4.79 Å². The predicted octanol–water partition coefficient (Wildman–Crippen LogP) is 4.25. The van der Waals surface area contributed by atoms with Gasteiger partial charge in [0.05, 0.1) is 21.7 Å². The quantitative estimate of drug-likeness (QED) is 0.872. The molecule has 3 N–H and O–H groups in total. The van der Waals surface area contributed by atoms with Crippen LogP contribution in [0, 0.1) is 18.3 Å². The molecule has 1 aromatic carbocycles. The number of halogens is 2. The van der Waals surface area contributed by atoms with Crippen LogP contribution in [0.3, 0.4) is 0 Å². The van der Waals surface area contributed by atoms with Crippen molar-refractivity contribution in [2.45, 2.75) is 34.1 Å². The maximum atomic E-state index is 12.3. The Kier molecular flexibility index (Phi) is 5.87. The summed E-state index contributed by atoms with van der Waals surface area (Å²) in [7, 11) is 0. The zero-order chi connectivity index (χ0) is 15.5. The van der Waals surface area contributed by atoms with Gasteiger partial charge < -0.3 is 11.1 Å². The number of anilines is 1.